The van der Waals surface area contributed by atoms with E-state index in [-0.39, 0.29) is 28.9 Å². The third-order valence-corrected chi connectivity index (χ3v) is 7.11. The number of terminal acetylenes is 1. The van der Waals surface area contributed by atoms with Crippen LogP contribution in [-0.4, -0.2) is 37.8 Å². The molecule has 1 saturated carbocycles. The number of carbonyl (C=O) groups is 1. The molecule has 0 saturated heterocycles. The zero-order valence-electron chi connectivity index (χ0n) is 19.9. The summed E-state index contributed by atoms with van der Waals surface area (Å²) in [6.45, 7) is 6.08. The molecule has 7 heteroatoms. The molecule has 2 aromatic heterocycles. The van der Waals surface area contributed by atoms with E-state index in [9.17, 15) is 14.7 Å². The van der Waals surface area contributed by atoms with Gasteiger partial charge in [-0.05, 0) is 68.0 Å². The highest BCUT2D eigenvalue weighted by atomic mass is 16.3. The normalized spacial score (nSPS) is 21.8. The Kier molecular flexibility index (Phi) is 5.37. The fourth-order valence-electron chi connectivity index (χ4n) is 5.50. The second-order valence-corrected chi connectivity index (χ2v) is 10.5. The van der Waals surface area contributed by atoms with E-state index in [1.807, 2.05) is 23.7 Å². The van der Waals surface area contributed by atoms with Crippen LogP contribution in [0.2, 0.25) is 0 Å². The van der Waals surface area contributed by atoms with Gasteiger partial charge in [0.05, 0.1) is 39.8 Å². The summed E-state index contributed by atoms with van der Waals surface area (Å²) in [5.74, 6) is 2.65. The van der Waals surface area contributed by atoms with Crippen LogP contribution < -0.4 is 10.9 Å². The first kappa shape index (κ1) is 22.4. The second-order valence-electron chi connectivity index (χ2n) is 10.5. The Morgan fingerprint density at radius 3 is 2.62 bits per heavy atom. The zero-order valence-corrected chi connectivity index (χ0v) is 19.9. The lowest BCUT2D eigenvalue weighted by molar-refractivity contribution is 0.0910. The number of aryl methyl sites for hydroxylation is 1. The molecular weight excluding hydrogens is 428 g/mol. The van der Waals surface area contributed by atoms with Gasteiger partial charge >= 0.3 is 0 Å². The number of nitrogens with one attached hydrogen (secondary N) is 2. The molecule has 2 heterocycles. The van der Waals surface area contributed by atoms with E-state index < -0.39 is 0 Å². The van der Waals surface area contributed by atoms with Gasteiger partial charge in [-0.25, -0.2) is 4.68 Å². The molecule has 2 aliphatic carbocycles. The lowest BCUT2D eigenvalue weighted by Crippen LogP contribution is -2.29. The van der Waals surface area contributed by atoms with E-state index in [4.69, 9.17) is 11.5 Å². The summed E-state index contributed by atoms with van der Waals surface area (Å²) < 4.78 is 1.86. The smallest absolute Gasteiger partial charge is 0.258 e. The lowest BCUT2D eigenvalue weighted by atomic mass is 9.75. The number of ketones is 1. The van der Waals surface area contributed by atoms with E-state index in [1.165, 1.54) is 0 Å². The number of pyridine rings is 1. The van der Waals surface area contributed by atoms with Crippen molar-refractivity contribution in [3.63, 3.8) is 0 Å². The molecular formula is C27H30N4O3. The van der Waals surface area contributed by atoms with Crippen LogP contribution in [0, 0.1) is 24.7 Å². The van der Waals surface area contributed by atoms with Gasteiger partial charge in [-0.3, -0.25) is 9.59 Å². The highest BCUT2D eigenvalue weighted by Gasteiger charge is 2.36. The number of benzene rings is 1. The summed E-state index contributed by atoms with van der Waals surface area (Å²) in [4.78, 5) is 28.7. The number of Topliss-reactive ketones (excluding diaryl/α,β-unsaturated/α-hetero) is 1. The minimum Gasteiger partial charge on any atom is -0.393 e. The van der Waals surface area contributed by atoms with Crippen molar-refractivity contribution in [2.75, 3.05) is 5.32 Å². The summed E-state index contributed by atoms with van der Waals surface area (Å²) in [7, 11) is 0. The van der Waals surface area contributed by atoms with Gasteiger partial charge in [-0.1, -0.05) is 19.8 Å². The monoisotopic (exact) mass is 458 g/mol. The first-order chi connectivity index (χ1) is 16.1. The van der Waals surface area contributed by atoms with Gasteiger partial charge in [0.15, 0.2) is 5.78 Å². The fraction of sp³-hybridized carbons (Fsp3) is 0.444. The number of hydrogen-bond acceptors (Lipinski definition) is 5. The molecule has 34 heavy (non-hydrogen) atoms. The number of anilines is 1. The van der Waals surface area contributed by atoms with Crippen molar-refractivity contribution >= 4 is 22.2 Å². The SMILES string of the molecule is C#Cc1cc2cc(-n3nc(C)c4c3CC(C)(C)CC4=O)cc(NC3CCC(O)CC3)c2c(=O)[nH]1. The molecule has 0 atom stereocenters. The van der Waals surface area contributed by atoms with Crippen LogP contribution in [0.15, 0.2) is 23.0 Å². The van der Waals surface area contributed by atoms with Crippen molar-refractivity contribution in [2.45, 2.75) is 71.4 Å². The van der Waals surface area contributed by atoms with E-state index >= 15 is 0 Å². The fourth-order valence-corrected chi connectivity index (χ4v) is 5.50. The molecule has 0 radical (unpaired) electrons. The molecule has 0 unspecified atom stereocenters. The first-order valence-electron chi connectivity index (χ1n) is 11.9. The van der Waals surface area contributed by atoms with E-state index in [1.54, 1.807) is 6.07 Å². The largest absolute Gasteiger partial charge is 0.393 e. The Labute approximate surface area is 198 Å². The van der Waals surface area contributed by atoms with Gasteiger partial charge in [0.25, 0.3) is 5.56 Å². The molecule has 5 rings (SSSR count). The number of aromatic amines is 1. The molecule has 0 spiro atoms. The summed E-state index contributed by atoms with van der Waals surface area (Å²) >= 11 is 0. The number of nitrogens with zero attached hydrogens (tertiary/aromatic N) is 2. The van der Waals surface area contributed by atoms with Crippen molar-refractivity contribution < 1.29 is 9.90 Å². The number of rotatable bonds is 3. The highest BCUT2D eigenvalue weighted by molar-refractivity contribution is 6.00. The average molecular weight is 459 g/mol. The lowest BCUT2D eigenvalue weighted by Gasteiger charge is -2.29. The molecule has 3 aromatic rings. The molecule has 176 valence electrons. The maximum Gasteiger partial charge on any atom is 0.258 e. The minimum absolute atomic E-state index is 0.126. The number of carbonyl (C=O) groups excluding carboxylic acids is 1. The molecule has 1 fully saturated rings. The number of aliphatic hydroxyl groups is 1. The third kappa shape index (κ3) is 3.92. The van der Waals surface area contributed by atoms with Gasteiger partial charge in [0.2, 0.25) is 0 Å². The molecule has 0 amide bonds. The molecule has 3 N–H and O–H groups in total. The Bertz CT molecular complexity index is 1400. The first-order valence-corrected chi connectivity index (χ1v) is 11.9. The van der Waals surface area contributed by atoms with Gasteiger partial charge in [0, 0.05) is 18.2 Å². The number of aromatic nitrogens is 3. The van der Waals surface area contributed by atoms with Crippen molar-refractivity contribution in [1.82, 2.24) is 14.8 Å². The highest BCUT2D eigenvalue weighted by Crippen LogP contribution is 2.38. The Morgan fingerprint density at radius 1 is 1.18 bits per heavy atom. The second kappa shape index (κ2) is 8.14. The van der Waals surface area contributed by atoms with Gasteiger partial charge < -0.3 is 15.4 Å². The van der Waals surface area contributed by atoms with E-state index in [0.29, 0.717) is 28.8 Å². The van der Waals surface area contributed by atoms with Gasteiger partial charge in [-0.2, -0.15) is 5.10 Å². The Balaban J connectivity index is 1.69. The van der Waals surface area contributed by atoms with Crippen molar-refractivity contribution in [2.24, 2.45) is 5.41 Å². The Morgan fingerprint density at radius 2 is 1.91 bits per heavy atom. The van der Waals surface area contributed by atoms with E-state index in [2.05, 4.69) is 30.1 Å². The van der Waals surface area contributed by atoms with Crippen LogP contribution >= 0.6 is 0 Å². The van der Waals surface area contributed by atoms with Crippen molar-refractivity contribution in [1.29, 1.82) is 0 Å². The van der Waals surface area contributed by atoms with Crippen LogP contribution in [0.25, 0.3) is 16.5 Å². The minimum atomic E-state index is -0.262. The van der Waals surface area contributed by atoms with Crippen molar-refractivity contribution in [3.05, 3.63) is 51.2 Å². The topological polar surface area (TPSA) is 100 Å². The van der Waals surface area contributed by atoms with Gasteiger partial charge in [-0.15, -0.1) is 6.42 Å². The third-order valence-electron chi connectivity index (χ3n) is 7.11. The number of aliphatic hydroxyl groups excluding tert-OH is 1. The molecule has 0 aliphatic heterocycles. The maximum absolute atomic E-state index is 13.0. The number of fused-ring (bicyclic) bond motifs is 2. The standard InChI is InChI=1S/C27H30N4O3/c1-5-17-10-16-11-19(31-22-13-27(3,4)14-23(33)24(22)15(2)30-31)12-21(25(16)26(34)29-17)28-18-6-8-20(32)9-7-18/h1,10-12,18,20,28,32H,6-9,13-14H2,2-4H3,(H,29,34). The zero-order chi connectivity index (χ0) is 24.2. The summed E-state index contributed by atoms with van der Waals surface area (Å²) in [5, 5.41) is 19.5. The number of H-pyrrole nitrogens is 1. The average Bonchev–Trinajstić information content (AvgIpc) is 3.09. The van der Waals surface area contributed by atoms with Gasteiger partial charge in [0.1, 0.15) is 0 Å². The Hall–Kier alpha value is -3.37. The van der Waals surface area contributed by atoms with Crippen molar-refractivity contribution in [3.8, 4) is 18.0 Å². The predicted octanol–water partition coefficient (Wildman–Crippen LogP) is 3.87. The molecule has 2 aliphatic rings. The number of hydrogen-bond donors (Lipinski definition) is 3. The maximum atomic E-state index is 13.0. The molecule has 7 nitrogen and oxygen atoms in total. The van der Waals surface area contributed by atoms with Crippen LogP contribution in [0.4, 0.5) is 5.69 Å². The molecule has 0 bridgehead atoms. The van der Waals surface area contributed by atoms with Crippen LogP contribution in [0.1, 0.15) is 73.4 Å². The van der Waals surface area contributed by atoms with E-state index in [0.717, 1.165) is 54.6 Å². The summed E-state index contributed by atoms with van der Waals surface area (Å²) in [6.07, 6.45) is 9.68. The van der Waals surface area contributed by atoms with Crippen LogP contribution in [0.3, 0.4) is 0 Å². The summed E-state index contributed by atoms with van der Waals surface area (Å²) in [5.41, 5.74) is 3.86. The summed E-state index contributed by atoms with van der Waals surface area (Å²) in [6, 6.07) is 5.81. The van der Waals surface area contributed by atoms with Crippen LogP contribution in [-0.2, 0) is 6.42 Å². The quantitative estimate of drug-likeness (QED) is 0.518. The van der Waals surface area contributed by atoms with Crippen LogP contribution in [0.5, 0.6) is 0 Å². The predicted molar refractivity (Wildman–Crippen MR) is 133 cm³/mol. The molecule has 1 aromatic carbocycles.